The summed E-state index contributed by atoms with van der Waals surface area (Å²) >= 11 is 3.06. The van der Waals surface area contributed by atoms with E-state index in [0.717, 1.165) is 6.42 Å². The fourth-order valence-corrected chi connectivity index (χ4v) is 7.69. The average Bonchev–Trinajstić information content (AvgIpc) is 3.27. The Labute approximate surface area is 212 Å². The number of primary amides is 1. The maximum Gasteiger partial charge on any atom is 0.353 e. The monoisotopic (exact) mass is 527 g/mol. The summed E-state index contributed by atoms with van der Waals surface area (Å²) in [6.07, 6.45) is 0.157. The highest BCUT2D eigenvalue weighted by Gasteiger charge is 2.60. The topological polar surface area (TPSA) is 177 Å². The van der Waals surface area contributed by atoms with Crippen molar-refractivity contribution in [2.24, 2.45) is 17.6 Å². The van der Waals surface area contributed by atoms with Crippen LogP contribution in [0.5, 0.6) is 0 Å². The highest BCUT2D eigenvalue weighted by Crippen LogP contribution is 2.52. The predicted octanol–water partition coefficient (Wildman–Crippen LogP) is 0.0382. The van der Waals surface area contributed by atoms with Gasteiger partial charge in [0.15, 0.2) is 0 Å². The van der Waals surface area contributed by atoms with Crippen LogP contribution < -0.4 is 11.1 Å². The van der Waals surface area contributed by atoms with Crippen molar-refractivity contribution in [2.75, 3.05) is 24.6 Å². The number of carboxylic acids is 1. The molecule has 0 aliphatic carbocycles. The van der Waals surface area contributed by atoms with E-state index < -0.39 is 23.9 Å². The van der Waals surface area contributed by atoms with Gasteiger partial charge in [-0.2, -0.15) is 11.8 Å². The largest absolute Gasteiger partial charge is 0.477 e. The summed E-state index contributed by atoms with van der Waals surface area (Å²) in [6, 6.07) is -0.275. The Morgan fingerprint density at radius 3 is 2.60 bits per heavy atom. The lowest BCUT2D eigenvalue weighted by Gasteiger charge is -2.46. The molecule has 11 nitrogen and oxygen atoms in total. The number of likely N-dealkylation sites (tertiary alicyclic amines) is 1. The van der Waals surface area contributed by atoms with Crippen molar-refractivity contribution < 1.29 is 29.4 Å². The molecule has 3 aliphatic rings. The van der Waals surface area contributed by atoms with Crippen LogP contribution in [-0.2, 0) is 19.2 Å². The Balaban J connectivity index is 1.61. The fourth-order valence-electron chi connectivity index (χ4n) is 5.04. The normalized spacial score (nSPS) is 28.6. The summed E-state index contributed by atoms with van der Waals surface area (Å²) in [5.74, 6) is -1.40. The van der Waals surface area contributed by atoms with Crippen LogP contribution in [-0.4, -0.2) is 97.6 Å². The number of hydrogen-bond acceptors (Lipinski definition) is 8. The van der Waals surface area contributed by atoms with Gasteiger partial charge in [-0.05, 0) is 20.3 Å². The zero-order valence-corrected chi connectivity index (χ0v) is 21.7. The number of amidine groups is 1. The van der Waals surface area contributed by atoms with E-state index in [1.54, 1.807) is 25.6 Å². The summed E-state index contributed by atoms with van der Waals surface area (Å²) in [7, 11) is 0. The number of fused-ring (bicyclic) bond motifs is 1. The minimum absolute atomic E-state index is 0.0207. The molecule has 35 heavy (non-hydrogen) atoms. The lowest BCUT2D eigenvalue weighted by Crippen LogP contribution is -2.63. The molecule has 2 fully saturated rings. The van der Waals surface area contributed by atoms with Gasteiger partial charge in [0, 0.05) is 46.6 Å². The number of thioether (sulfide) groups is 2. The molecule has 3 rings (SSSR count). The van der Waals surface area contributed by atoms with E-state index in [9.17, 15) is 29.4 Å². The van der Waals surface area contributed by atoms with Crippen molar-refractivity contribution in [1.29, 1.82) is 5.41 Å². The molecule has 0 spiro atoms. The molecular formula is C22H33N5O6S2. The van der Waals surface area contributed by atoms with Crippen LogP contribution in [0.25, 0.3) is 0 Å². The minimum atomic E-state index is -1.14. The second-order valence-corrected chi connectivity index (χ2v) is 11.7. The van der Waals surface area contributed by atoms with Gasteiger partial charge in [0.25, 0.3) is 0 Å². The molecule has 3 heterocycles. The first-order chi connectivity index (χ1) is 16.4. The number of carbonyl (C=O) groups excluding carboxylic acids is 3. The van der Waals surface area contributed by atoms with Crippen molar-refractivity contribution in [3.8, 4) is 0 Å². The lowest BCUT2D eigenvalue weighted by atomic mass is 9.79. The molecule has 2 saturated heterocycles. The van der Waals surface area contributed by atoms with E-state index in [0.29, 0.717) is 28.8 Å². The van der Waals surface area contributed by atoms with Crippen molar-refractivity contribution in [2.45, 2.75) is 57.1 Å². The third kappa shape index (κ3) is 5.78. The number of nitrogens with two attached hydrogens (primary N) is 1. The quantitative estimate of drug-likeness (QED) is 0.107. The first-order valence-electron chi connectivity index (χ1n) is 11.5. The molecule has 6 atom stereocenters. The molecule has 0 aromatic carbocycles. The summed E-state index contributed by atoms with van der Waals surface area (Å²) in [4.78, 5) is 51.1. The number of rotatable bonds is 11. The number of β-lactam (4-membered cyclic amide) rings is 1. The Morgan fingerprint density at radius 1 is 1.34 bits per heavy atom. The second kappa shape index (κ2) is 11.2. The van der Waals surface area contributed by atoms with Crippen LogP contribution >= 0.6 is 23.5 Å². The van der Waals surface area contributed by atoms with Crippen LogP contribution in [0.3, 0.4) is 0 Å². The van der Waals surface area contributed by atoms with Gasteiger partial charge < -0.3 is 31.1 Å². The van der Waals surface area contributed by atoms with Gasteiger partial charge >= 0.3 is 5.97 Å². The van der Waals surface area contributed by atoms with Gasteiger partial charge in [-0.25, -0.2) is 4.79 Å². The SMILES string of the molecule is CC(=N)N1C[C@@H](SC2=C(C(=O)O)N3C(=O)[C@H]([C@@H](C)O)[C@H]3[C@H]2C)C[C@H]1CSCCC(=O)NCC(N)=O. The number of aliphatic carboxylic acids is 1. The van der Waals surface area contributed by atoms with E-state index in [1.807, 2.05) is 11.8 Å². The number of aliphatic hydroxyl groups excluding tert-OH is 1. The molecule has 0 radical (unpaired) electrons. The van der Waals surface area contributed by atoms with Gasteiger partial charge in [-0.15, -0.1) is 11.8 Å². The number of carboxylic acid groups (broad SMARTS) is 1. The molecule has 0 aromatic heterocycles. The number of hydrogen-bond donors (Lipinski definition) is 5. The molecule has 6 N–H and O–H groups in total. The van der Waals surface area contributed by atoms with E-state index in [1.165, 1.54) is 16.7 Å². The first-order valence-corrected chi connectivity index (χ1v) is 13.6. The lowest BCUT2D eigenvalue weighted by molar-refractivity contribution is -0.163. The zero-order chi connectivity index (χ0) is 26.0. The Kier molecular flexibility index (Phi) is 8.76. The predicted molar refractivity (Wildman–Crippen MR) is 134 cm³/mol. The van der Waals surface area contributed by atoms with Gasteiger partial charge in [0.2, 0.25) is 17.7 Å². The standard InChI is InChI=1S/C22H33N5O6S2/c1-10-18-17(11(2)28)21(31)27(18)19(22(32)33)20(10)35-14-6-13(26(8-14)12(3)23)9-34-5-4-16(30)25-7-15(24)29/h10-11,13-14,17-18,23,28H,4-9H2,1-3H3,(H2,24,29)(H,25,30)(H,32,33)/t10-,11-,13+,14+,17-,18-/m1/s1. The number of aliphatic hydroxyl groups is 1. The first kappa shape index (κ1) is 27.3. The van der Waals surface area contributed by atoms with Crippen molar-refractivity contribution in [3.05, 3.63) is 10.6 Å². The van der Waals surface area contributed by atoms with Gasteiger partial charge in [0.05, 0.1) is 30.4 Å². The maximum atomic E-state index is 12.6. The van der Waals surface area contributed by atoms with Crippen LogP contribution in [0.1, 0.15) is 33.6 Å². The molecule has 194 valence electrons. The van der Waals surface area contributed by atoms with E-state index >= 15 is 0 Å². The molecule has 3 aliphatic heterocycles. The third-order valence-electron chi connectivity index (χ3n) is 6.66. The summed E-state index contributed by atoms with van der Waals surface area (Å²) in [5, 5.41) is 30.6. The molecular weight excluding hydrogens is 494 g/mol. The smallest absolute Gasteiger partial charge is 0.353 e. The Morgan fingerprint density at radius 2 is 2.03 bits per heavy atom. The molecule has 3 amide bonds. The number of carbonyl (C=O) groups is 4. The minimum Gasteiger partial charge on any atom is -0.477 e. The van der Waals surface area contributed by atoms with Gasteiger partial charge in [0.1, 0.15) is 5.70 Å². The summed E-state index contributed by atoms with van der Waals surface area (Å²) in [6.45, 7) is 5.60. The van der Waals surface area contributed by atoms with Crippen LogP contribution in [0.4, 0.5) is 0 Å². The van der Waals surface area contributed by atoms with Crippen molar-refractivity contribution in [3.63, 3.8) is 0 Å². The summed E-state index contributed by atoms with van der Waals surface area (Å²) in [5.41, 5.74) is 5.04. The highest BCUT2D eigenvalue weighted by atomic mass is 32.2. The van der Waals surface area contributed by atoms with E-state index in [4.69, 9.17) is 11.1 Å². The molecule has 0 bridgehead atoms. The molecule has 0 aromatic rings. The van der Waals surface area contributed by atoms with Gasteiger partial charge in [-0.3, -0.25) is 19.8 Å². The summed E-state index contributed by atoms with van der Waals surface area (Å²) < 4.78 is 0. The Bertz CT molecular complexity index is 941. The molecule has 0 unspecified atom stereocenters. The number of amides is 3. The molecule has 13 heteroatoms. The Hall–Kier alpha value is -2.25. The fraction of sp³-hybridized carbons (Fsp3) is 0.682. The van der Waals surface area contributed by atoms with E-state index in [2.05, 4.69) is 5.32 Å². The van der Waals surface area contributed by atoms with Crippen molar-refractivity contribution in [1.82, 2.24) is 15.1 Å². The number of nitrogens with one attached hydrogen (secondary N) is 2. The zero-order valence-electron chi connectivity index (χ0n) is 20.0. The van der Waals surface area contributed by atoms with Crippen LogP contribution in [0.15, 0.2) is 10.6 Å². The average molecular weight is 528 g/mol. The maximum absolute atomic E-state index is 12.6. The highest BCUT2D eigenvalue weighted by molar-refractivity contribution is 8.03. The van der Waals surface area contributed by atoms with Crippen molar-refractivity contribution >= 4 is 53.1 Å². The third-order valence-corrected chi connectivity index (χ3v) is 9.26. The second-order valence-electron chi connectivity index (χ2n) is 9.21. The number of nitrogens with zero attached hydrogens (tertiary/aromatic N) is 2. The molecule has 0 saturated carbocycles. The van der Waals surface area contributed by atoms with Crippen LogP contribution in [0, 0.1) is 17.2 Å². The van der Waals surface area contributed by atoms with E-state index in [-0.39, 0.29) is 53.7 Å². The van der Waals surface area contributed by atoms with Crippen LogP contribution in [0.2, 0.25) is 0 Å². The van der Waals surface area contributed by atoms with Gasteiger partial charge in [-0.1, -0.05) is 6.92 Å².